The summed E-state index contributed by atoms with van der Waals surface area (Å²) in [5.41, 5.74) is 1.10. The molecule has 0 aliphatic carbocycles. The summed E-state index contributed by atoms with van der Waals surface area (Å²) in [6.45, 7) is 4.37. The number of ether oxygens (including phenoxy) is 2. The predicted octanol–water partition coefficient (Wildman–Crippen LogP) is 3.10. The van der Waals surface area contributed by atoms with Gasteiger partial charge in [0.05, 0.1) is 0 Å². The minimum absolute atomic E-state index is 0.0549. The Hall–Kier alpha value is -2.53. The lowest BCUT2D eigenvalue weighted by Crippen LogP contribution is -2.36. The molecule has 0 unspecified atom stereocenters. The van der Waals surface area contributed by atoms with Gasteiger partial charge in [0.15, 0.2) is 18.1 Å². The van der Waals surface area contributed by atoms with Crippen LogP contribution >= 0.6 is 0 Å². The molecule has 5 heteroatoms. The first-order valence-corrected chi connectivity index (χ1v) is 10.2. The van der Waals surface area contributed by atoms with Crippen molar-refractivity contribution in [3.05, 3.63) is 60.2 Å². The summed E-state index contributed by atoms with van der Waals surface area (Å²) in [5, 5.41) is 3.47. The van der Waals surface area contributed by atoms with E-state index in [9.17, 15) is 4.79 Å². The monoisotopic (exact) mass is 380 g/mol. The number of likely N-dealkylation sites (tertiary alicyclic amines) is 1. The van der Waals surface area contributed by atoms with E-state index in [1.165, 1.54) is 0 Å². The first-order chi connectivity index (χ1) is 13.8. The summed E-state index contributed by atoms with van der Waals surface area (Å²) in [6, 6.07) is 17.6. The summed E-state index contributed by atoms with van der Waals surface area (Å²) >= 11 is 0. The average Bonchev–Trinajstić information content (AvgIpc) is 3.10. The standard InChI is InChI=1S/C23H28N2O3/c26-23(25-12-10-19-14-24-15-20(19)11-13-25)17-28-22-9-5-4-8-21(22)27-16-18-6-2-1-3-7-18/h1-9,19-20,24H,10-17H2/t19-,20+. The lowest BCUT2D eigenvalue weighted by atomic mass is 9.92. The Labute approximate surface area is 166 Å². The second kappa shape index (κ2) is 9.11. The van der Waals surface area contributed by atoms with Crippen LogP contribution in [-0.2, 0) is 11.4 Å². The third-order valence-corrected chi connectivity index (χ3v) is 5.81. The highest BCUT2D eigenvalue weighted by Crippen LogP contribution is 2.29. The quantitative estimate of drug-likeness (QED) is 0.837. The second-order valence-electron chi connectivity index (χ2n) is 7.65. The number of carbonyl (C=O) groups excluding carboxylic acids is 1. The topological polar surface area (TPSA) is 50.8 Å². The van der Waals surface area contributed by atoms with Crippen molar-refractivity contribution < 1.29 is 14.3 Å². The van der Waals surface area contributed by atoms with Gasteiger partial charge >= 0.3 is 0 Å². The molecule has 1 N–H and O–H groups in total. The summed E-state index contributed by atoms with van der Waals surface area (Å²) in [6.07, 6.45) is 2.17. The summed E-state index contributed by atoms with van der Waals surface area (Å²) in [7, 11) is 0. The van der Waals surface area contributed by atoms with Crippen LogP contribution < -0.4 is 14.8 Å². The Kier molecular flexibility index (Phi) is 6.12. The molecule has 0 radical (unpaired) electrons. The lowest BCUT2D eigenvalue weighted by Gasteiger charge is -2.21. The molecule has 0 spiro atoms. The van der Waals surface area contributed by atoms with E-state index < -0.39 is 0 Å². The Balaban J connectivity index is 1.31. The van der Waals surface area contributed by atoms with Gasteiger partial charge < -0.3 is 19.7 Å². The molecule has 2 saturated heterocycles. The zero-order valence-electron chi connectivity index (χ0n) is 16.2. The molecule has 2 aromatic carbocycles. The number of hydrogen-bond donors (Lipinski definition) is 1. The number of amides is 1. The van der Waals surface area contributed by atoms with Crippen LogP contribution in [0.25, 0.3) is 0 Å². The molecule has 2 heterocycles. The number of hydrogen-bond acceptors (Lipinski definition) is 4. The van der Waals surface area contributed by atoms with Crippen molar-refractivity contribution in [1.82, 2.24) is 10.2 Å². The van der Waals surface area contributed by atoms with E-state index in [0.717, 1.165) is 44.6 Å². The summed E-state index contributed by atoms with van der Waals surface area (Å²) in [5.74, 6) is 2.76. The molecule has 5 nitrogen and oxygen atoms in total. The Morgan fingerprint density at radius 3 is 2.18 bits per heavy atom. The van der Waals surface area contributed by atoms with Crippen molar-refractivity contribution in [2.75, 3.05) is 32.8 Å². The van der Waals surface area contributed by atoms with Gasteiger partial charge in [0.1, 0.15) is 6.61 Å². The first kappa shape index (κ1) is 18.8. The van der Waals surface area contributed by atoms with Crippen molar-refractivity contribution in [3.8, 4) is 11.5 Å². The van der Waals surface area contributed by atoms with Crippen molar-refractivity contribution in [2.45, 2.75) is 19.4 Å². The highest BCUT2D eigenvalue weighted by Gasteiger charge is 2.31. The lowest BCUT2D eigenvalue weighted by molar-refractivity contribution is -0.133. The minimum Gasteiger partial charge on any atom is -0.485 e. The molecule has 0 saturated carbocycles. The van der Waals surface area contributed by atoms with Crippen LogP contribution in [0.5, 0.6) is 11.5 Å². The van der Waals surface area contributed by atoms with Gasteiger partial charge in [0.25, 0.3) is 5.91 Å². The van der Waals surface area contributed by atoms with Gasteiger partial charge in [-0.1, -0.05) is 42.5 Å². The summed E-state index contributed by atoms with van der Waals surface area (Å²) in [4.78, 5) is 14.6. The van der Waals surface area contributed by atoms with Crippen molar-refractivity contribution in [3.63, 3.8) is 0 Å². The molecule has 28 heavy (non-hydrogen) atoms. The number of nitrogens with one attached hydrogen (secondary N) is 1. The molecule has 1 amide bonds. The van der Waals surface area contributed by atoms with Crippen LogP contribution in [0.15, 0.2) is 54.6 Å². The minimum atomic E-state index is 0.0549. The SMILES string of the molecule is O=C(COc1ccccc1OCc1ccccc1)N1CC[C@@H]2CNC[C@@H]2CC1. The zero-order valence-corrected chi connectivity index (χ0v) is 16.2. The number of fused-ring (bicyclic) bond motifs is 1. The number of benzene rings is 2. The van der Waals surface area contributed by atoms with Crippen LogP contribution in [0, 0.1) is 11.8 Å². The largest absolute Gasteiger partial charge is 0.485 e. The fourth-order valence-corrected chi connectivity index (χ4v) is 4.12. The van der Waals surface area contributed by atoms with Gasteiger partial charge in [-0.2, -0.15) is 0 Å². The fraction of sp³-hybridized carbons (Fsp3) is 0.435. The van der Waals surface area contributed by atoms with Crippen LogP contribution in [0.3, 0.4) is 0 Å². The molecule has 4 rings (SSSR count). The summed E-state index contributed by atoms with van der Waals surface area (Å²) < 4.78 is 11.8. The zero-order chi connectivity index (χ0) is 19.2. The Morgan fingerprint density at radius 2 is 1.50 bits per heavy atom. The second-order valence-corrected chi connectivity index (χ2v) is 7.65. The van der Waals surface area contributed by atoms with E-state index in [0.29, 0.717) is 29.9 Å². The van der Waals surface area contributed by atoms with E-state index in [2.05, 4.69) is 5.32 Å². The molecule has 2 atom stereocenters. The van der Waals surface area contributed by atoms with Crippen molar-refractivity contribution in [1.29, 1.82) is 0 Å². The van der Waals surface area contributed by atoms with Crippen LogP contribution in [0.1, 0.15) is 18.4 Å². The van der Waals surface area contributed by atoms with Gasteiger partial charge in [0, 0.05) is 13.1 Å². The maximum absolute atomic E-state index is 12.7. The molecule has 2 aliphatic rings. The van der Waals surface area contributed by atoms with Gasteiger partial charge in [-0.05, 0) is 55.5 Å². The number of nitrogens with zero attached hydrogens (tertiary/aromatic N) is 1. The molecule has 2 fully saturated rings. The average molecular weight is 380 g/mol. The predicted molar refractivity (Wildman–Crippen MR) is 108 cm³/mol. The highest BCUT2D eigenvalue weighted by molar-refractivity contribution is 5.77. The van der Waals surface area contributed by atoms with Gasteiger partial charge in [-0.15, -0.1) is 0 Å². The molecular formula is C23H28N2O3. The van der Waals surface area contributed by atoms with E-state index in [1.807, 2.05) is 59.5 Å². The number of carbonyl (C=O) groups is 1. The number of para-hydroxylation sites is 2. The molecule has 0 bridgehead atoms. The van der Waals surface area contributed by atoms with Gasteiger partial charge in [-0.3, -0.25) is 4.79 Å². The molecule has 2 aromatic rings. The highest BCUT2D eigenvalue weighted by atomic mass is 16.5. The maximum atomic E-state index is 12.7. The van der Waals surface area contributed by atoms with Crippen LogP contribution in [0.4, 0.5) is 0 Å². The third kappa shape index (κ3) is 4.65. The molecule has 148 valence electrons. The number of rotatable bonds is 6. The van der Waals surface area contributed by atoms with Gasteiger partial charge in [0.2, 0.25) is 0 Å². The smallest absolute Gasteiger partial charge is 0.260 e. The van der Waals surface area contributed by atoms with Crippen molar-refractivity contribution in [2.24, 2.45) is 11.8 Å². The fourth-order valence-electron chi connectivity index (χ4n) is 4.12. The van der Waals surface area contributed by atoms with Gasteiger partial charge in [-0.25, -0.2) is 0 Å². The third-order valence-electron chi connectivity index (χ3n) is 5.81. The van der Waals surface area contributed by atoms with Crippen LogP contribution in [-0.4, -0.2) is 43.6 Å². The van der Waals surface area contributed by atoms with Crippen LogP contribution in [0.2, 0.25) is 0 Å². The van der Waals surface area contributed by atoms with E-state index in [1.54, 1.807) is 0 Å². The maximum Gasteiger partial charge on any atom is 0.260 e. The first-order valence-electron chi connectivity index (χ1n) is 10.2. The molecule has 2 aliphatic heterocycles. The Bertz CT molecular complexity index is 766. The van der Waals surface area contributed by atoms with E-state index in [-0.39, 0.29) is 12.5 Å². The van der Waals surface area contributed by atoms with E-state index >= 15 is 0 Å². The van der Waals surface area contributed by atoms with Crippen molar-refractivity contribution >= 4 is 5.91 Å². The molecule has 0 aromatic heterocycles. The van der Waals surface area contributed by atoms with E-state index in [4.69, 9.17) is 9.47 Å². The molecular weight excluding hydrogens is 352 g/mol. The Morgan fingerprint density at radius 1 is 0.893 bits per heavy atom. The normalized spacial score (nSPS) is 21.6.